The van der Waals surface area contributed by atoms with Crippen LogP contribution in [-0.4, -0.2) is 54.3 Å². The zero-order valence-corrected chi connectivity index (χ0v) is 15.7. The third kappa shape index (κ3) is 4.49. The van der Waals surface area contributed by atoms with Crippen molar-refractivity contribution >= 4 is 16.7 Å². The maximum absolute atomic E-state index is 13.4. The van der Waals surface area contributed by atoms with Crippen LogP contribution in [0.2, 0.25) is 0 Å². The topological polar surface area (TPSA) is 50.3 Å². The summed E-state index contributed by atoms with van der Waals surface area (Å²) in [5.41, 5.74) is 0.654. The number of ether oxygens (including phenoxy) is 1. The molecule has 8 heteroatoms. The molecule has 1 fully saturated rings. The molecule has 1 N–H and O–H groups in total. The summed E-state index contributed by atoms with van der Waals surface area (Å²) in [4.78, 5) is 10.8. The van der Waals surface area contributed by atoms with Crippen LogP contribution in [0.25, 0.3) is 22.0 Å². The Morgan fingerprint density at radius 2 is 1.83 bits per heavy atom. The van der Waals surface area contributed by atoms with E-state index in [0.29, 0.717) is 28.8 Å². The molecule has 1 aliphatic rings. The molecule has 1 aromatic heterocycles. The Labute approximate surface area is 166 Å². The van der Waals surface area contributed by atoms with E-state index in [-0.39, 0.29) is 5.56 Å². The first kappa shape index (κ1) is 19.6. The van der Waals surface area contributed by atoms with Gasteiger partial charge in [0, 0.05) is 31.6 Å². The Morgan fingerprint density at radius 3 is 2.62 bits per heavy atom. The average molecular weight is 402 g/mol. The highest BCUT2D eigenvalue weighted by Gasteiger charge is 2.33. The third-order valence-corrected chi connectivity index (χ3v) is 5.00. The van der Waals surface area contributed by atoms with E-state index in [4.69, 9.17) is 4.74 Å². The van der Waals surface area contributed by atoms with Crippen LogP contribution < -0.4 is 5.32 Å². The molecule has 0 saturated carbocycles. The fourth-order valence-electron chi connectivity index (χ4n) is 3.50. The lowest BCUT2D eigenvalue weighted by atomic mass is 9.98. The van der Waals surface area contributed by atoms with Crippen LogP contribution in [0.3, 0.4) is 0 Å². The minimum Gasteiger partial charge on any atom is -0.379 e. The highest BCUT2D eigenvalue weighted by molar-refractivity contribution is 5.92. The maximum atomic E-state index is 13.4. The molecule has 0 spiro atoms. The van der Waals surface area contributed by atoms with Gasteiger partial charge in [-0.2, -0.15) is 13.2 Å². The van der Waals surface area contributed by atoms with Gasteiger partial charge in [0.15, 0.2) is 0 Å². The van der Waals surface area contributed by atoms with Crippen LogP contribution in [0.4, 0.5) is 19.0 Å². The van der Waals surface area contributed by atoms with Crippen LogP contribution >= 0.6 is 0 Å². The minimum atomic E-state index is -4.42. The molecule has 5 nitrogen and oxygen atoms in total. The first-order valence-corrected chi connectivity index (χ1v) is 9.48. The number of rotatable bonds is 5. The minimum absolute atomic E-state index is 0.144. The van der Waals surface area contributed by atoms with Crippen molar-refractivity contribution in [3.05, 3.63) is 54.4 Å². The fraction of sp³-hybridized carbons (Fsp3) is 0.333. The summed E-state index contributed by atoms with van der Waals surface area (Å²) in [5, 5.41) is 4.00. The monoisotopic (exact) mass is 402 g/mol. The van der Waals surface area contributed by atoms with Gasteiger partial charge in [0.2, 0.25) is 0 Å². The summed E-state index contributed by atoms with van der Waals surface area (Å²) in [6.45, 7) is 4.77. The molecular weight excluding hydrogens is 381 g/mol. The SMILES string of the molecule is FC(F)(F)c1ccccc1-c1ccc2ncnc(NCCN3CCOCC3)c2c1. The van der Waals surface area contributed by atoms with Crippen molar-refractivity contribution in [2.24, 2.45) is 0 Å². The van der Waals surface area contributed by atoms with Gasteiger partial charge in [0.05, 0.1) is 24.3 Å². The molecule has 29 heavy (non-hydrogen) atoms. The van der Waals surface area contributed by atoms with Gasteiger partial charge in [-0.1, -0.05) is 24.3 Å². The number of benzene rings is 2. The lowest BCUT2D eigenvalue weighted by Crippen LogP contribution is -2.39. The van der Waals surface area contributed by atoms with Gasteiger partial charge >= 0.3 is 6.18 Å². The smallest absolute Gasteiger partial charge is 0.379 e. The van der Waals surface area contributed by atoms with E-state index in [9.17, 15) is 13.2 Å². The van der Waals surface area contributed by atoms with Crippen LogP contribution in [0.1, 0.15) is 5.56 Å². The largest absolute Gasteiger partial charge is 0.417 e. The molecule has 0 atom stereocenters. The van der Waals surface area contributed by atoms with Gasteiger partial charge in [0.25, 0.3) is 0 Å². The summed E-state index contributed by atoms with van der Waals surface area (Å²) in [7, 11) is 0. The van der Waals surface area contributed by atoms with Gasteiger partial charge in [-0.3, -0.25) is 4.90 Å². The van der Waals surface area contributed by atoms with Crippen molar-refractivity contribution in [2.75, 3.05) is 44.7 Å². The molecule has 1 saturated heterocycles. The van der Waals surface area contributed by atoms with Crippen molar-refractivity contribution in [1.82, 2.24) is 14.9 Å². The number of morpholine rings is 1. The molecule has 0 amide bonds. The molecule has 3 aromatic rings. The second-order valence-electron chi connectivity index (χ2n) is 6.88. The van der Waals surface area contributed by atoms with Gasteiger partial charge in [0.1, 0.15) is 12.1 Å². The number of hydrogen-bond acceptors (Lipinski definition) is 5. The lowest BCUT2D eigenvalue weighted by Gasteiger charge is -2.26. The second-order valence-corrected chi connectivity index (χ2v) is 6.88. The predicted octanol–water partition coefficient (Wildman–Crippen LogP) is 4.06. The summed E-state index contributed by atoms with van der Waals surface area (Å²) >= 11 is 0. The molecule has 2 heterocycles. The molecule has 0 radical (unpaired) electrons. The van der Waals surface area contributed by atoms with E-state index in [1.165, 1.54) is 18.5 Å². The van der Waals surface area contributed by atoms with Crippen molar-refractivity contribution in [3.8, 4) is 11.1 Å². The Bertz CT molecular complexity index is 987. The molecule has 2 aromatic carbocycles. The quantitative estimate of drug-likeness (QED) is 0.698. The Kier molecular flexibility index (Phi) is 5.64. The second kappa shape index (κ2) is 8.34. The molecule has 4 rings (SSSR count). The molecule has 0 aliphatic carbocycles. The van der Waals surface area contributed by atoms with E-state index in [2.05, 4.69) is 20.2 Å². The summed E-state index contributed by atoms with van der Waals surface area (Å²) in [5.74, 6) is 0.620. The maximum Gasteiger partial charge on any atom is 0.417 e. The van der Waals surface area contributed by atoms with Crippen LogP contribution in [-0.2, 0) is 10.9 Å². The van der Waals surface area contributed by atoms with Crippen LogP contribution in [0.5, 0.6) is 0 Å². The zero-order valence-electron chi connectivity index (χ0n) is 15.7. The standard InChI is InChI=1S/C21H21F3N4O/c22-21(23,24)18-4-2-1-3-16(18)15-5-6-19-17(13-15)20(27-14-26-19)25-7-8-28-9-11-29-12-10-28/h1-6,13-14H,7-12H2,(H,25,26,27). The Hall–Kier alpha value is -2.71. The van der Waals surface area contributed by atoms with Gasteiger partial charge in [-0.15, -0.1) is 0 Å². The highest BCUT2D eigenvalue weighted by atomic mass is 19.4. The van der Waals surface area contributed by atoms with E-state index in [1.54, 1.807) is 24.3 Å². The number of nitrogens with zero attached hydrogens (tertiary/aromatic N) is 3. The average Bonchev–Trinajstić information content (AvgIpc) is 2.74. The first-order chi connectivity index (χ1) is 14.0. The number of nitrogens with one attached hydrogen (secondary N) is 1. The predicted molar refractivity (Wildman–Crippen MR) is 106 cm³/mol. The zero-order chi connectivity index (χ0) is 20.3. The molecular formula is C21H21F3N4O. The molecule has 0 unspecified atom stereocenters. The first-order valence-electron chi connectivity index (χ1n) is 9.48. The lowest BCUT2D eigenvalue weighted by molar-refractivity contribution is -0.137. The van der Waals surface area contributed by atoms with Crippen molar-refractivity contribution < 1.29 is 17.9 Å². The van der Waals surface area contributed by atoms with E-state index in [0.717, 1.165) is 38.9 Å². The third-order valence-electron chi connectivity index (χ3n) is 5.00. The van der Waals surface area contributed by atoms with Gasteiger partial charge in [-0.25, -0.2) is 9.97 Å². The van der Waals surface area contributed by atoms with Gasteiger partial charge < -0.3 is 10.1 Å². The Morgan fingerprint density at radius 1 is 1.03 bits per heavy atom. The number of alkyl halides is 3. The molecule has 1 aliphatic heterocycles. The number of anilines is 1. The number of hydrogen-bond donors (Lipinski definition) is 1. The number of fused-ring (bicyclic) bond motifs is 1. The fourth-order valence-corrected chi connectivity index (χ4v) is 3.50. The molecule has 0 bridgehead atoms. The van der Waals surface area contributed by atoms with Crippen LogP contribution in [0, 0.1) is 0 Å². The number of halogens is 3. The number of aromatic nitrogens is 2. The van der Waals surface area contributed by atoms with Gasteiger partial charge in [-0.05, 0) is 29.3 Å². The van der Waals surface area contributed by atoms with Crippen LogP contribution in [0.15, 0.2) is 48.8 Å². The van der Waals surface area contributed by atoms with E-state index >= 15 is 0 Å². The normalized spacial score (nSPS) is 15.6. The van der Waals surface area contributed by atoms with Crippen molar-refractivity contribution in [3.63, 3.8) is 0 Å². The summed E-state index contributed by atoms with van der Waals surface area (Å²) in [6, 6.07) is 10.7. The van der Waals surface area contributed by atoms with E-state index < -0.39 is 11.7 Å². The van der Waals surface area contributed by atoms with Crippen molar-refractivity contribution in [1.29, 1.82) is 0 Å². The summed E-state index contributed by atoms with van der Waals surface area (Å²) in [6.07, 6.45) is -2.96. The van der Waals surface area contributed by atoms with E-state index in [1.807, 2.05) is 0 Å². The van der Waals surface area contributed by atoms with Crippen molar-refractivity contribution in [2.45, 2.75) is 6.18 Å². The molecule has 152 valence electrons. The Balaban J connectivity index is 1.61. The summed E-state index contributed by atoms with van der Waals surface area (Å²) < 4.78 is 45.6. The highest BCUT2D eigenvalue weighted by Crippen LogP contribution is 2.38.